The summed E-state index contributed by atoms with van der Waals surface area (Å²) in [5, 5.41) is 2.70. The first-order valence-corrected chi connectivity index (χ1v) is 11.3. The lowest BCUT2D eigenvalue weighted by atomic mass is 10.1. The van der Waals surface area contributed by atoms with Crippen molar-refractivity contribution in [2.75, 3.05) is 17.1 Å². The third-order valence-electron chi connectivity index (χ3n) is 5.06. The third kappa shape index (κ3) is 5.15. The number of anilines is 2. The van der Waals surface area contributed by atoms with Gasteiger partial charge in [0.2, 0.25) is 0 Å². The molecule has 0 saturated carbocycles. The van der Waals surface area contributed by atoms with Crippen molar-refractivity contribution in [2.45, 2.75) is 25.7 Å². The van der Waals surface area contributed by atoms with Crippen LogP contribution < -0.4 is 10.0 Å². The van der Waals surface area contributed by atoms with Crippen molar-refractivity contribution in [3.8, 4) is 0 Å². The molecule has 2 N–H and O–H groups in total. The lowest BCUT2D eigenvalue weighted by molar-refractivity contribution is 0.0600. The van der Waals surface area contributed by atoms with Gasteiger partial charge in [0.25, 0.3) is 15.9 Å². The largest absolute Gasteiger partial charge is 0.465 e. The quantitative estimate of drug-likeness (QED) is 0.538. The zero-order chi connectivity index (χ0) is 23.5. The maximum Gasteiger partial charge on any atom is 0.337 e. The lowest BCUT2D eigenvalue weighted by Crippen LogP contribution is -2.17. The number of aryl methyl sites for hydroxylation is 3. The Balaban J connectivity index is 1.83. The van der Waals surface area contributed by atoms with Crippen molar-refractivity contribution in [1.29, 1.82) is 0 Å². The summed E-state index contributed by atoms with van der Waals surface area (Å²) < 4.78 is 33.2. The van der Waals surface area contributed by atoms with Crippen LogP contribution in [0, 0.1) is 20.8 Å². The Morgan fingerprint density at radius 3 is 1.97 bits per heavy atom. The van der Waals surface area contributed by atoms with Crippen LogP contribution in [0.1, 0.15) is 37.4 Å². The number of benzene rings is 3. The first kappa shape index (κ1) is 23.0. The van der Waals surface area contributed by atoms with Crippen molar-refractivity contribution in [3.63, 3.8) is 0 Å². The highest BCUT2D eigenvalue weighted by Crippen LogP contribution is 2.23. The molecule has 0 fully saturated rings. The van der Waals surface area contributed by atoms with Crippen molar-refractivity contribution in [3.05, 3.63) is 88.5 Å². The molecule has 0 aliphatic rings. The number of carbonyl (C=O) groups excluding carboxylic acids is 2. The fourth-order valence-corrected chi connectivity index (χ4v) is 4.38. The maximum atomic E-state index is 13.0. The molecule has 166 valence electrons. The molecule has 7 nitrogen and oxygen atoms in total. The monoisotopic (exact) mass is 452 g/mol. The van der Waals surface area contributed by atoms with Crippen LogP contribution in [0.25, 0.3) is 0 Å². The van der Waals surface area contributed by atoms with Crippen LogP contribution in [-0.2, 0) is 14.8 Å². The summed E-state index contributed by atoms with van der Waals surface area (Å²) in [6.45, 7) is 5.52. The molecule has 0 bridgehead atoms. The Kier molecular flexibility index (Phi) is 6.64. The van der Waals surface area contributed by atoms with E-state index in [4.69, 9.17) is 0 Å². The van der Waals surface area contributed by atoms with Crippen LogP contribution in [0.15, 0.2) is 65.6 Å². The average Bonchev–Trinajstić information content (AvgIpc) is 2.76. The number of sulfonamides is 1. The van der Waals surface area contributed by atoms with E-state index in [0.29, 0.717) is 22.5 Å². The minimum atomic E-state index is -3.90. The summed E-state index contributed by atoms with van der Waals surface area (Å²) in [7, 11) is -2.61. The molecule has 3 aromatic carbocycles. The summed E-state index contributed by atoms with van der Waals surface area (Å²) >= 11 is 0. The van der Waals surface area contributed by atoms with E-state index in [0.717, 1.165) is 11.1 Å². The van der Waals surface area contributed by atoms with Gasteiger partial charge >= 0.3 is 5.97 Å². The van der Waals surface area contributed by atoms with Crippen molar-refractivity contribution in [1.82, 2.24) is 0 Å². The second kappa shape index (κ2) is 9.23. The molecule has 0 unspecified atom stereocenters. The summed E-state index contributed by atoms with van der Waals surface area (Å²) in [6.07, 6.45) is 0. The minimum absolute atomic E-state index is 0.0180. The standard InChI is InChI=1S/C24H24N2O5S/c1-15-6-10-21(13-17(15)3)26-32(29,30)22-14-19(7-5-16(22)2)23(27)25-20-11-8-18(9-12-20)24(28)31-4/h5-14,26H,1-4H3,(H,25,27). The second-order valence-corrected chi connectivity index (χ2v) is 9.06. The number of hydrogen-bond donors (Lipinski definition) is 2. The minimum Gasteiger partial charge on any atom is -0.465 e. The van der Waals surface area contributed by atoms with Gasteiger partial charge in [-0.15, -0.1) is 0 Å². The number of hydrogen-bond acceptors (Lipinski definition) is 5. The molecule has 0 aliphatic heterocycles. The highest BCUT2D eigenvalue weighted by Gasteiger charge is 2.20. The molecule has 0 atom stereocenters. The SMILES string of the molecule is COC(=O)c1ccc(NC(=O)c2ccc(C)c(S(=O)(=O)Nc3ccc(C)c(C)c3)c2)cc1. The maximum absolute atomic E-state index is 13.0. The Bertz CT molecular complexity index is 1280. The Morgan fingerprint density at radius 1 is 0.750 bits per heavy atom. The van der Waals surface area contributed by atoms with Crippen LogP contribution in [0.5, 0.6) is 0 Å². The lowest BCUT2D eigenvalue weighted by Gasteiger charge is -2.13. The summed E-state index contributed by atoms with van der Waals surface area (Å²) in [5.41, 5.74) is 3.99. The van der Waals surface area contributed by atoms with Gasteiger partial charge in [0.1, 0.15) is 0 Å². The van der Waals surface area contributed by atoms with E-state index in [1.54, 1.807) is 43.3 Å². The normalized spacial score (nSPS) is 11.0. The molecular weight excluding hydrogens is 428 g/mol. The van der Waals surface area contributed by atoms with Gasteiger partial charge in [-0.1, -0.05) is 12.1 Å². The molecule has 8 heteroatoms. The van der Waals surface area contributed by atoms with Crippen molar-refractivity contribution >= 4 is 33.3 Å². The van der Waals surface area contributed by atoms with Crippen LogP contribution in [-0.4, -0.2) is 27.4 Å². The summed E-state index contributed by atoms with van der Waals surface area (Å²) in [5.74, 6) is -0.953. The molecule has 32 heavy (non-hydrogen) atoms. The van der Waals surface area contributed by atoms with Gasteiger partial charge in [-0.2, -0.15) is 0 Å². The average molecular weight is 453 g/mol. The van der Waals surface area contributed by atoms with E-state index >= 15 is 0 Å². The zero-order valence-electron chi connectivity index (χ0n) is 18.2. The molecule has 3 rings (SSSR count). The molecule has 3 aromatic rings. The number of rotatable bonds is 6. The highest BCUT2D eigenvalue weighted by atomic mass is 32.2. The third-order valence-corrected chi connectivity index (χ3v) is 6.59. The molecule has 1 amide bonds. The summed E-state index contributed by atoms with van der Waals surface area (Å²) in [4.78, 5) is 24.2. The molecule has 0 heterocycles. The predicted octanol–water partition coefficient (Wildman–Crippen LogP) is 4.45. The smallest absolute Gasteiger partial charge is 0.337 e. The van der Waals surface area contributed by atoms with Crippen LogP contribution >= 0.6 is 0 Å². The zero-order valence-corrected chi connectivity index (χ0v) is 19.0. The predicted molar refractivity (Wildman–Crippen MR) is 124 cm³/mol. The Morgan fingerprint density at radius 2 is 1.34 bits per heavy atom. The van der Waals surface area contributed by atoms with Gasteiger partial charge in [-0.3, -0.25) is 9.52 Å². The van der Waals surface area contributed by atoms with Gasteiger partial charge in [-0.05, 0) is 86.0 Å². The number of methoxy groups -OCH3 is 1. The van der Waals surface area contributed by atoms with Gasteiger partial charge in [0, 0.05) is 16.9 Å². The topological polar surface area (TPSA) is 102 Å². The Hall–Kier alpha value is -3.65. The van der Waals surface area contributed by atoms with E-state index in [-0.39, 0.29) is 10.5 Å². The first-order chi connectivity index (χ1) is 15.1. The molecule has 0 aromatic heterocycles. The number of carbonyl (C=O) groups is 2. The first-order valence-electron chi connectivity index (χ1n) is 9.81. The molecule has 0 aliphatic carbocycles. The Labute approximate surface area is 187 Å². The van der Waals surface area contributed by atoms with Crippen LogP contribution in [0.4, 0.5) is 11.4 Å². The number of esters is 1. The van der Waals surface area contributed by atoms with Gasteiger partial charge in [0.05, 0.1) is 17.6 Å². The van der Waals surface area contributed by atoms with Crippen molar-refractivity contribution < 1.29 is 22.7 Å². The van der Waals surface area contributed by atoms with E-state index in [1.807, 2.05) is 19.9 Å². The van der Waals surface area contributed by atoms with E-state index in [2.05, 4.69) is 14.8 Å². The van der Waals surface area contributed by atoms with E-state index in [1.165, 1.54) is 25.3 Å². The molecule has 0 spiro atoms. The van der Waals surface area contributed by atoms with Gasteiger partial charge in [0.15, 0.2) is 0 Å². The number of amides is 1. The summed E-state index contributed by atoms with van der Waals surface area (Å²) in [6, 6.07) is 16.0. The molecule has 0 radical (unpaired) electrons. The molecular formula is C24H24N2O5S. The number of nitrogens with one attached hydrogen (secondary N) is 2. The fraction of sp³-hybridized carbons (Fsp3) is 0.167. The fourth-order valence-electron chi connectivity index (χ4n) is 3.06. The van der Waals surface area contributed by atoms with Crippen LogP contribution in [0.3, 0.4) is 0 Å². The highest BCUT2D eigenvalue weighted by molar-refractivity contribution is 7.92. The van der Waals surface area contributed by atoms with Crippen molar-refractivity contribution in [2.24, 2.45) is 0 Å². The van der Waals surface area contributed by atoms with Gasteiger partial charge in [-0.25, -0.2) is 13.2 Å². The second-order valence-electron chi connectivity index (χ2n) is 7.41. The number of ether oxygens (including phenoxy) is 1. The van der Waals surface area contributed by atoms with Crippen LogP contribution in [0.2, 0.25) is 0 Å². The molecule has 0 saturated heterocycles. The van der Waals surface area contributed by atoms with E-state index < -0.39 is 21.9 Å². The van der Waals surface area contributed by atoms with E-state index in [9.17, 15) is 18.0 Å². The van der Waals surface area contributed by atoms with Gasteiger partial charge < -0.3 is 10.1 Å².